The minimum absolute atomic E-state index is 0.213. The molecule has 0 bridgehead atoms. The lowest BCUT2D eigenvalue weighted by Gasteiger charge is -2.24. The number of fused-ring (bicyclic) bond motifs is 1. The Labute approximate surface area is 210 Å². The molecule has 9 heteroatoms. The number of aromatic nitrogens is 1. The van der Waals surface area contributed by atoms with E-state index in [4.69, 9.17) is 9.47 Å². The molecule has 0 amide bonds. The topological polar surface area (TPSA) is 87.0 Å². The zero-order valence-corrected chi connectivity index (χ0v) is 21.4. The number of carbonyl (C=O) groups is 2. The highest BCUT2D eigenvalue weighted by molar-refractivity contribution is 7.98. The van der Waals surface area contributed by atoms with E-state index in [9.17, 15) is 14.4 Å². The lowest BCUT2D eigenvalue weighted by Crippen LogP contribution is -2.39. The largest absolute Gasteiger partial charge is 0.463 e. The summed E-state index contributed by atoms with van der Waals surface area (Å²) in [5, 5.41) is 0. The Morgan fingerprint density at radius 2 is 1.89 bits per heavy atom. The quantitative estimate of drug-likeness (QED) is 0.288. The summed E-state index contributed by atoms with van der Waals surface area (Å²) < 4.78 is 12.6. The lowest BCUT2D eigenvalue weighted by atomic mass is 9.96. The molecule has 0 radical (unpaired) electrons. The van der Waals surface area contributed by atoms with E-state index in [1.807, 2.05) is 30.5 Å². The molecule has 0 fully saturated rings. The molecule has 1 aliphatic heterocycles. The van der Waals surface area contributed by atoms with Gasteiger partial charge in [-0.15, -0.1) is 11.8 Å². The fraction of sp³-hybridized carbons (Fsp3) is 0.231. The van der Waals surface area contributed by atoms with Crippen LogP contribution < -0.4 is 19.6 Å². The fourth-order valence-electron chi connectivity index (χ4n) is 3.88. The number of benzene rings is 2. The van der Waals surface area contributed by atoms with Gasteiger partial charge in [-0.3, -0.25) is 14.2 Å². The maximum Gasteiger partial charge on any atom is 0.338 e. The average molecular weight is 509 g/mol. The Morgan fingerprint density at radius 1 is 1.17 bits per heavy atom. The van der Waals surface area contributed by atoms with E-state index in [0.717, 1.165) is 10.5 Å². The van der Waals surface area contributed by atoms with E-state index in [2.05, 4.69) is 4.99 Å². The zero-order valence-electron chi connectivity index (χ0n) is 19.7. The van der Waals surface area contributed by atoms with Gasteiger partial charge >= 0.3 is 11.9 Å². The molecule has 1 atom stereocenters. The first-order chi connectivity index (χ1) is 16.8. The number of rotatable bonds is 6. The van der Waals surface area contributed by atoms with Gasteiger partial charge in [0, 0.05) is 17.4 Å². The molecule has 1 aromatic heterocycles. The van der Waals surface area contributed by atoms with Gasteiger partial charge in [0.25, 0.3) is 5.56 Å². The molecule has 2 heterocycles. The molecular formula is C26H24N2O5S2. The Balaban J connectivity index is 1.93. The van der Waals surface area contributed by atoms with Crippen LogP contribution >= 0.6 is 23.1 Å². The molecule has 0 spiro atoms. The van der Waals surface area contributed by atoms with E-state index >= 15 is 0 Å². The summed E-state index contributed by atoms with van der Waals surface area (Å²) in [6, 6.07) is 14.1. The van der Waals surface area contributed by atoms with Crippen LogP contribution in [0.2, 0.25) is 0 Å². The first-order valence-corrected chi connectivity index (χ1v) is 13.0. The number of carbonyl (C=O) groups excluding carboxylic acids is 2. The highest BCUT2D eigenvalue weighted by Crippen LogP contribution is 2.31. The van der Waals surface area contributed by atoms with E-state index in [-0.39, 0.29) is 12.2 Å². The number of para-hydroxylation sites is 1. The Kier molecular flexibility index (Phi) is 7.37. The molecule has 35 heavy (non-hydrogen) atoms. The van der Waals surface area contributed by atoms with Crippen LogP contribution in [0, 0.1) is 0 Å². The van der Waals surface area contributed by atoms with Crippen LogP contribution in [0.25, 0.3) is 6.08 Å². The Hall–Kier alpha value is -3.43. The SMILES string of the molecule is CCOC(=O)C1=C(C)N=c2s/c(=C\c3ccccc3OC(C)=O)c(=O)n2[C@@H]1c1ccc(SC)cc1. The van der Waals surface area contributed by atoms with Crippen LogP contribution in [0.5, 0.6) is 5.75 Å². The van der Waals surface area contributed by atoms with Gasteiger partial charge in [0.15, 0.2) is 4.80 Å². The van der Waals surface area contributed by atoms with E-state index in [1.165, 1.54) is 22.8 Å². The number of thioether (sulfide) groups is 1. The van der Waals surface area contributed by atoms with Crippen molar-refractivity contribution in [3.8, 4) is 5.75 Å². The maximum absolute atomic E-state index is 13.7. The van der Waals surface area contributed by atoms with Crippen molar-refractivity contribution >= 4 is 41.1 Å². The van der Waals surface area contributed by atoms with Crippen molar-refractivity contribution in [3.05, 3.63) is 90.6 Å². The third-order valence-corrected chi connectivity index (χ3v) is 7.13. The van der Waals surface area contributed by atoms with Gasteiger partial charge in [-0.05, 0) is 49.9 Å². The number of esters is 2. The normalized spacial score (nSPS) is 15.4. The molecule has 1 aliphatic rings. The molecule has 3 aromatic rings. The van der Waals surface area contributed by atoms with Crippen molar-refractivity contribution in [3.63, 3.8) is 0 Å². The highest BCUT2D eigenvalue weighted by Gasteiger charge is 2.33. The van der Waals surface area contributed by atoms with Crippen LogP contribution in [0.15, 0.2) is 74.5 Å². The second-order valence-electron chi connectivity index (χ2n) is 7.71. The first kappa shape index (κ1) is 24.7. The summed E-state index contributed by atoms with van der Waals surface area (Å²) in [5.74, 6) is -0.587. The third kappa shape index (κ3) is 5.01. The van der Waals surface area contributed by atoms with Gasteiger partial charge in [-0.1, -0.05) is 41.7 Å². The molecule has 2 aromatic carbocycles. The van der Waals surface area contributed by atoms with Crippen molar-refractivity contribution in [2.45, 2.75) is 31.7 Å². The number of thiazole rings is 1. The summed E-state index contributed by atoms with van der Waals surface area (Å²) in [4.78, 5) is 44.3. The predicted molar refractivity (Wildman–Crippen MR) is 136 cm³/mol. The minimum atomic E-state index is -0.674. The average Bonchev–Trinajstić information content (AvgIpc) is 3.13. The number of nitrogens with zero attached hydrogens (tertiary/aromatic N) is 2. The Bertz CT molecular complexity index is 1500. The smallest absolute Gasteiger partial charge is 0.338 e. The van der Waals surface area contributed by atoms with Crippen LogP contribution in [0.1, 0.15) is 37.9 Å². The van der Waals surface area contributed by atoms with Gasteiger partial charge in [-0.2, -0.15) is 0 Å². The van der Waals surface area contributed by atoms with Crippen molar-refractivity contribution in [2.75, 3.05) is 12.9 Å². The highest BCUT2D eigenvalue weighted by atomic mass is 32.2. The van der Waals surface area contributed by atoms with Gasteiger partial charge < -0.3 is 9.47 Å². The molecule has 0 saturated heterocycles. The van der Waals surface area contributed by atoms with Crippen molar-refractivity contribution in [1.82, 2.24) is 4.57 Å². The third-order valence-electron chi connectivity index (χ3n) is 5.41. The second kappa shape index (κ2) is 10.5. The molecule has 0 unspecified atom stereocenters. The predicted octanol–water partition coefficient (Wildman–Crippen LogP) is 3.45. The summed E-state index contributed by atoms with van der Waals surface area (Å²) in [6.45, 7) is 5.03. The fourth-order valence-corrected chi connectivity index (χ4v) is 5.33. The van der Waals surface area contributed by atoms with Gasteiger partial charge in [0.2, 0.25) is 0 Å². The van der Waals surface area contributed by atoms with Crippen LogP contribution in [0.3, 0.4) is 0 Å². The van der Waals surface area contributed by atoms with E-state index in [0.29, 0.717) is 31.9 Å². The number of hydrogen-bond donors (Lipinski definition) is 0. The molecule has 0 saturated carbocycles. The standard InChI is InChI=1S/C26H24N2O5S2/c1-5-32-25(31)22-15(2)27-26-28(23(22)17-10-12-19(34-4)13-11-17)24(30)21(35-26)14-18-8-6-7-9-20(18)33-16(3)29/h6-14,23H,5H2,1-4H3/b21-14-/t23-/m1/s1. The van der Waals surface area contributed by atoms with Crippen molar-refractivity contribution < 1.29 is 19.1 Å². The van der Waals surface area contributed by atoms with E-state index in [1.54, 1.807) is 56.0 Å². The first-order valence-electron chi connectivity index (χ1n) is 10.9. The maximum atomic E-state index is 13.7. The summed E-state index contributed by atoms with van der Waals surface area (Å²) in [5.41, 5.74) is 1.93. The number of hydrogen-bond acceptors (Lipinski definition) is 8. The number of ether oxygens (including phenoxy) is 2. The minimum Gasteiger partial charge on any atom is -0.463 e. The zero-order chi connectivity index (χ0) is 25.1. The van der Waals surface area contributed by atoms with Crippen molar-refractivity contribution in [1.29, 1.82) is 0 Å². The molecule has 4 rings (SSSR count). The molecular weight excluding hydrogens is 484 g/mol. The molecule has 0 N–H and O–H groups in total. The van der Waals surface area contributed by atoms with Crippen LogP contribution in [-0.4, -0.2) is 29.4 Å². The van der Waals surface area contributed by atoms with E-state index < -0.39 is 18.0 Å². The Morgan fingerprint density at radius 3 is 2.54 bits per heavy atom. The van der Waals surface area contributed by atoms with Gasteiger partial charge in [0.1, 0.15) is 5.75 Å². The summed E-state index contributed by atoms with van der Waals surface area (Å²) >= 11 is 2.83. The summed E-state index contributed by atoms with van der Waals surface area (Å²) in [7, 11) is 0. The van der Waals surface area contributed by atoms with Crippen molar-refractivity contribution in [2.24, 2.45) is 4.99 Å². The molecule has 180 valence electrons. The molecule has 7 nitrogen and oxygen atoms in total. The van der Waals surface area contributed by atoms with Gasteiger partial charge in [-0.25, -0.2) is 9.79 Å². The van der Waals surface area contributed by atoms with Crippen LogP contribution in [0.4, 0.5) is 0 Å². The monoisotopic (exact) mass is 508 g/mol. The number of allylic oxidation sites excluding steroid dienone is 1. The van der Waals surface area contributed by atoms with Gasteiger partial charge in [0.05, 0.1) is 28.5 Å². The second-order valence-corrected chi connectivity index (χ2v) is 9.60. The molecule has 0 aliphatic carbocycles. The lowest BCUT2D eigenvalue weighted by molar-refractivity contribution is -0.139. The van der Waals surface area contributed by atoms with Crippen LogP contribution in [-0.2, 0) is 14.3 Å². The summed E-state index contributed by atoms with van der Waals surface area (Å²) in [6.07, 6.45) is 3.67.